The zero-order chi connectivity index (χ0) is 11.9. The SMILES string of the molecule is CCC1CCCCC1CCCC1CCCCC1. The maximum Gasteiger partial charge on any atom is -0.0386 e. The molecule has 2 aliphatic rings. The molecule has 0 amide bonds. The van der Waals surface area contributed by atoms with Crippen LogP contribution >= 0.6 is 0 Å². The lowest BCUT2D eigenvalue weighted by Crippen LogP contribution is -2.19. The summed E-state index contributed by atoms with van der Waals surface area (Å²) in [7, 11) is 0. The zero-order valence-corrected chi connectivity index (χ0v) is 11.9. The minimum Gasteiger partial charge on any atom is -0.0651 e. The van der Waals surface area contributed by atoms with Gasteiger partial charge in [-0.2, -0.15) is 0 Å². The Bertz CT molecular complexity index is 190. The molecule has 2 unspecified atom stereocenters. The Morgan fingerprint density at radius 3 is 2.06 bits per heavy atom. The summed E-state index contributed by atoms with van der Waals surface area (Å²) in [5.41, 5.74) is 0. The summed E-state index contributed by atoms with van der Waals surface area (Å²) in [6.45, 7) is 2.41. The van der Waals surface area contributed by atoms with Crippen molar-refractivity contribution in [1.82, 2.24) is 0 Å². The lowest BCUT2D eigenvalue weighted by molar-refractivity contribution is 0.206. The molecule has 0 radical (unpaired) electrons. The van der Waals surface area contributed by atoms with Crippen molar-refractivity contribution in [3.8, 4) is 0 Å². The molecule has 0 nitrogen and oxygen atoms in total. The number of rotatable bonds is 5. The summed E-state index contributed by atoms with van der Waals surface area (Å²) >= 11 is 0. The minimum atomic E-state index is 1.08. The first-order valence-corrected chi connectivity index (χ1v) is 8.40. The van der Waals surface area contributed by atoms with Gasteiger partial charge < -0.3 is 0 Å². The van der Waals surface area contributed by atoms with Gasteiger partial charge in [-0.15, -0.1) is 0 Å². The maximum atomic E-state index is 2.41. The summed E-state index contributed by atoms with van der Waals surface area (Å²) in [5, 5.41) is 0. The highest BCUT2D eigenvalue weighted by atomic mass is 14.3. The molecule has 0 heterocycles. The van der Waals surface area contributed by atoms with Crippen LogP contribution in [0.1, 0.15) is 90.4 Å². The van der Waals surface area contributed by atoms with Crippen molar-refractivity contribution in [3.05, 3.63) is 0 Å². The highest BCUT2D eigenvalue weighted by Crippen LogP contribution is 2.36. The third-order valence-electron chi connectivity index (χ3n) is 5.50. The molecule has 2 atom stereocenters. The van der Waals surface area contributed by atoms with Crippen LogP contribution in [0.15, 0.2) is 0 Å². The molecule has 2 rings (SSSR count). The van der Waals surface area contributed by atoms with Gasteiger partial charge in [-0.05, 0) is 17.8 Å². The molecule has 0 heteroatoms. The molecule has 0 spiro atoms. The predicted molar refractivity (Wildman–Crippen MR) is 76.2 cm³/mol. The second-order valence-electron chi connectivity index (χ2n) is 6.65. The van der Waals surface area contributed by atoms with E-state index in [1.54, 1.807) is 32.1 Å². The fraction of sp³-hybridized carbons (Fsp3) is 1.00. The third kappa shape index (κ3) is 4.30. The van der Waals surface area contributed by atoms with E-state index in [1.165, 1.54) is 51.4 Å². The van der Waals surface area contributed by atoms with Crippen molar-refractivity contribution in [3.63, 3.8) is 0 Å². The van der Waals surface area contributed by atoms with Crippen molar-refractivity contribution in [1.29, 1.82) is 0 Å². The topological polar surface area (TPSA) is 0 Å². The van der Waals surface area contributed by atoms with Gasteiger partial charge in [0.25, 0.3) is 0 Å². The van der Waals surface area contributed by atoms with Crippen LogP contribution in [-0.2, 0) is 0 Å². The molecule has 2 saturated carbocycles. The van der Waals surface area contributed by atoms with Gasteiger partial charge in [-0.1, -0.05) is 90.4 Å². The summed E-state index contributed by atoms with van der Waals surface area (Å²) in [4.78, 5) is 0. The molecule has 0 bridgehead atoms. The van der Waals surface area contributed by atoms with Crippen LogP contribution in [0.4, 0.5) is 0 Å². The molecule has 2 fully saturated rings. The van der Waals surface area contributed by atoms with Gasteiger partial charge in [0.2, 0.25) is 0 Å². The van der Waals surface area contributed by atoms with Crippen molar-refractivity contribution < 1.29 is 0 Å². The molecule has 100 valence electrons. The van der Waals surface area contributed by atoms with E-state index in [4.69, 9.17) is 0 Å². The van der Waals surface area contributed by atoms with E-state index >= 15 is 0 Å². The second kappa shape index (κ2) is 7.44. The van der Waals surface area contributed by atoms with Crippen LogP contribution in [0.3, 0.4) is 0 Å². The lowest BCUT2D eigenvalue weighted by Gasteiger charge is -2.31. The third-order valence-corrected chi connectivity index (χ3v) is 5.50. The molecule has 0 aromatic rings. The average Bonchev–Trinajstić information content (AvgIpc) is 2.40. The fourth-order valence-corrected chi connectivity index (χ4v) is 4.35. The Balaban J connectivity index is 1.62. The van der Waals surface area contributed by atoms with Gasteiger partial charge in [-0.3, -0.25) is 0 Å². The van der Waals surface area contributed by atoms with Crippen LogP contribution in [0.5, 0.6) is 0 Å². The van der Waals surface area contributed by atoms with Gasteiger partial charge in [0, 0.05) is 0 Å². The van der Waals surface area contributed by atoms with Crippen molar-refractivity contribution >= 4 is 0 Å². The molecule has 0 N–H and O–H groups in total. The maximum absolute atomic E-state index is 2.41. The average molecular weight is 236 g/mol. The van der Waals surface area contributed by atoms with E-state index in [-0.39, 0.29) is 0 Å². The molecule has 17 heavy (non-hydrogen) atoms. The summed E-state index contributed by atoms with van der Waals surface area (Å²) in [6, 6.07) is 0. The zero-order valence-electron chi connectivity index (χ0n) is 11.9. The number of hydrogen-bond acceptors (Lipinski definition) is 0. The van der Waals surface area contributed by atoms with Crippen LogP contribution in [0.2, 0.25) is 0 Å². The van der Waals surface area contributed by atoms with Crippen LogP contribution in [0, 0.1) is 17.8 Å². The molecule has 0 aliphatic heterocycles. The quantitative estimate of drug-likeness (QED) is 0.553. The van der Waals surface area contributed by atoms with E-state index in [9.17, 15) is 0 Å². The molecule has 0 aromatic heterocycles. The Morgan fingerprint density at radius 2 is 1.35 bits per heavy atom. The lowest BCUT2D eigenvalue weighted by atomic mass is 9.75. The summed E-state index contributed by atoms with van der Waals surface area (Å²) in [6.07, 6.45) is 19.8. The largest absolute Gasteiger partial charge is 0.0651 e. The monoisotopic (exact) mass is 236 g/mol. The Labute approximate surface area is 109 Å². The molecule has 0 aromatic carbocycles. The summed E-state index contributed by atoms with van der Waals surface area (Å²) < 4.78 is 0. The number of hydrogen-bond donors (Lipinski definition) is 0. The standard InChI is InChI=1S/C17H32/c1-2-16-12-6-7-13-17(16)14-8-11-15-9-4-3-5-10-15/h15-17H,2-14H2,1H3. The normalized spacial score (nSPS) is 31.6. The minimum absolute atomic E-state index is 1.08. The van der Waals surface area contributed by atoms with E-state index in [0.29, 0.717) is 0 Å². The van der Waals surface area contributed by atoms with E-state index < -0.39 is 0 Å². The fourth-order valence-electron chi connectivity index (χ4n) is 4.35. The van der Waals surface area contributed by atoms with Gasteiger partial charge in [0.05, 0.1) is 0 Å². The smallest absolute Gasteiger partial charge is 0.0386 e. The van der Waals surface area contributed by atoms with Gasteiger partial charge in [0.1, 0.15) is 0 Å². The molecule has 0 saturated heterocycles. The van der Waals surface area contributed by atoms with Crippen molar-refractivity contribution in [2.75, 3.05) is 0 Å². The van der Waals surface area contributed by atoms with Crippen LogP contribution in [-0.4, -0.2) is 0 Å². The van der Waals surface area contributed by atoms with E-state index in [1.807, 2.05) is 0 Å². The first kappa shape index (κ1) is 13.4. The summed E-state index contributed by atoms with van der Waals surface area (Å²) in [5.74, 6) is 3.28. The first-order chi connectivity index (χ1) is 8.40. The molecular formula is C17H32. The van der Waals surface area contributed by atoms with Gasteiger partial charge in [-0.25, -0.2) is 0 Å². The van der Waals surface area contributed by atoms with Gasteiger partial charge in [0.15, 0.2) is 0 Å². The highest BCUT2D eigenvalue weighted by Gasteiger charge is 2.23. The van der Waals surface area contributed by atoms with E-state index in [2.05, 4.69) is 6.92 Å². The highest BCUT2D eigenvalue weighted by molar-refractivity contribution is 4.75. The van der Waals surface area contributed by atoms with Gasteiger partial charge >= 0.3 is 0 Å². The first-order valence-electron chi connectivity index (χ1n) is 8.40. The Hall–Kier alpha value is 0. The molecular weight excluding hydrogens is 204 g/mol. The van der Waals surface area contributed by atoms with Crippen LogP contribution in [0.25, 0.3) is 0 Å². The molecule has 2 aliphatic carbocycles. The van der Waals surface area contributed by atoms with Crippen LogP contribution < -0.4 is 0 Å². The Morgan fingerprint density at radius 1 is 0.706 bits per heavy atom. The van der Waals surface area contributed by atoms with E-state index in [0.717, 1.165) is 17.8 Å². The van der Waals surface area contributed by atoms with Crippen molar-refractivity contribution in [2.45, 2.75) is 90.4 Å². The van der Waals surface area contributed by atoms with Crippen molar-refractivity contribution in [2.24, 2.45) is 17.8 Å². The second-order valence-corrected chi connectivity index (χ2v) is 6.65. The predicted octanol–water partition coefficient (Wildman–Crippen LogP) is 5.95. The Kier molecular flexibility index (Phi) is 5.88.